The summed E-state index contributed by atoms with van der Waals surface area (Å²) < 4.78 is 0. The van der Waals surface area contributed by atoms with E-state index in [0.29, 0.717) is 6.04 Å². The highest BCUT2D eigenvalue weighted by Gasteiger charge is 2.10. The molecule has 1 heterocycles. The van der Waals surface area contributed by atoms with Gasteiger partial charge in [0.2, 0.25) is 0 Å². The highest BCUT2D eigenvalue weighted by atomic mass is 32.2. The van der Waals surface area contributed by atoms with Gasteiger partial charge in [0.25, 0.3) is 0 Å². The van der Waals surface area contributed by atoms with Gasteiger partial charge in [0.05, 0.1) is 0 Å². The maximum Gasteiger partial charge on any atom is 0.0445 e. The Kier molecular flexibility index (Phi) is 4.26. The van der Waals surface area contributed by atoms with Crippen molar-refractivity contribution in [1.82, 2.24) is 10.2 Å². The predicted molar refractivity (Wildman–Crippen MR) is 52.0 cm³/mol. The molecule has 0 unspecified atom stereocenters. The van der Waals surface area contributed by atoms with Gasteiger partial charge in [-0.2, -0.15) is 0 Å². The first-order valence-electron chi connectivity index (χ1n) is 4.32. The number of nitrogens with zero attached hydrogens (tertiary/aromatic N) is 1. The predicted octanol–water partition coefficient (Wildman–Crippen LogP) is 0.991. The van der Waals surface area contributed by atoms with Crippen LogP contribution < -0.4 is 5.32 Å². The van der Waals surface area contributed by atoms with E-state index in [4.69, 9.17) is 0 Å². The zero-order chi connectivity index (χ0) is 8.10. The average Bonchev–Trinajstić information content (AvgIpc) is 2.39. The highest BCUT2D eigenvalue weighted by molar-refractivity contribution is 7.99. The van der Waals surface area contributed by atoms with Crippen molar-refractivity contribution in [2.45, 2.75) is 19.9 Å². The molecule has 0 bridgehead atoms. The molecule has 3 heteroatoms. The van der Waals surface area contributed by atoms with E-state index < -0.39 is 0 Å². The Hall–Kier alpha value is 0.270. The molecule has 1 aliphatic heterocycles. The van der Waals surface area contributed by atoms with Crippen LogP contribution in [0.2, 0.25) is 0 Å². The van der Waals surface area contributed by atoms with Gasteiger partial charge < -0.3 is 5.32 Å². The Balaban J connectivity index is 1.94. The molecule has 1 rings (SSSR count). The van der Waals surface area contributed by atoms with E-state index in [1.54, 1.807) is 0 Å². The zero-order valence-electron chi connectivity index (χ0n) is 7.47. The summed E-state index contributed by atoms with van der Waals surface area (Å²) >= 11 is 2.04. The summed E-state index contributed by atoms with van der Waals surface area (Å²) in [5.74, 6) is 2.56. The molecule has 1 N–H and O–H groups in total. The topological polar surface area (TPSA) is 15.3 Å². The minimum absolute atomic E-state index is 0.630. The van der Waals surface area contributed by atoms with Gasteiger partial charge in [-0.25, -0.2) is 0 Å². The number of nitrogens with one attached hydrogen (secondary N) is 1. The van der Waals surface area contributed by atoms with Gasteiger partial charge in [-0.15, -0.1) is 11.8 Å². The lowest BCUT2D eigenvalue weighted by Gasteiger charge is -2.15. The van der Waals surface area contributed by atoms with Crippen LogP contribution in [0, 0.1) is 0 Å². The molecule has 2 nitrogen and oxygen atoms in total. The van der Waals surface area contributed by atoms with Gasteiger partial charge in [0.15, 0.2) is 0 Å². The van der Waals surface area contributed by atoms with E-state index in [9.17, 15) is 0 Å². The summed E-state index contributed by atoms with van der Waals surface area (Å²) in [5.41, 5.74) is 0. The molecule has 11 heavy (non-hydrogen) atoms. The normalized spacial score (nSPS) is 19.9. The molecule has 0 aromatic carbocycles. The second-order valence-corrected chi connectivity index (χ2v) is 4.34. The lowest BCUT2D eigenvalue weighted by Crippen LogP contribution is -2.33. The highest BCUT2D eigenvalue weighted by Crippen LogP contribution is 2.11. The SMILES string of the molecule is CC(C)NCCN1CCSC1. The lowest BCUT2D eigenvalue weighted by atomic mass is 10.4. The van der Waals surface area contributed by atoms with E-state index in [-0.39, 0.29) is 0 Å². The Bertz CT molecular complexity index is 100. The van der Waals surface area contributed by atoms with Crippen molar-refractivity contribution in [3.8, 4) is 0 Å². The molecule has 0 aromatic heterocycles. The van der Waals surface area contributed by atoms with Crippen molar-refractivity contribution < 1.29 is 0 Å². The summed E-state index contributed by atoms with van der Waals surface area (Å²) in [6.07, 6.45) is 0. The van der Waals surface area contributed by atoms with E-state index >= 15 is 0 Å². The molecule has 0 aliphatic carbocycles. The lowest BCUT2D eigenvalue weighted by molar-refractivity contribution is 0.346. The zero-order valence-corrected chi connectivity index (χ0v) is 8.28. The number of hydrogen-bond acceptors (Lipinski definition) is 3. The van der Waals surface area contributed by atoms with Gasteiger partial charge in [-0.1, -0.05) is 13.8 Å². The van der Waals surface area contributed by atoms with Crippen LogP contribution in [0.25, 0.3) is 0 Å². The minimum Gasteiger partial charge on any atom is -0.313 e. The molecular formula is C8H18N2S. The van der Waals surface area contributed by atoms with Crippen molar-refractivity contribution in [2.24, 2.45) is 0 Å². The Morgan fingerprint density at radius 2 is 2.36 bits per heavy atom. The van der Waals surface area contributed by atoms with Crippen LogP contribution in [0.1, 0.15) is 13.8 Å². The molecule has 1 aliphatic rings. The fourth-order valence-corrected chi connectivity index (χ4v) is 2.17. The van der Waals surface area contributed by atoms with Crippen molar-refractivity contribution in [2.75, 3.05) is 31.3 Å². The van der Waals surface area contributed by atoms with Crippen LogP contribution in [0.3, 0.4) is 0 Å². The molecule has 1 saturated heterocycles. The third-order valence-corrected chi connectivity index (χ3v) is 2.83. The first-order chi connectivity index (χ1) is 5.29. The molecular weight excluding hydrogens is 156 g/mol. The first kappa shape index (κ1) is 9.36. The number of hydrogen-bond donors (Lipinski definition) is 1. The van der Waals surface area contributed by atoms with Gasteiger partial charge in [0, 0.05) is 37.3 Å². The van der Waals surface area contributed by atoms with Crippen molar-refractivity contribution >= 4 is 11.8 Å². The van der Waals surface area contributed by atoms with E-state index in [1.807, 2.05) is 11.8 Å². The van der Waals surface area contributed by atoms with E-state index in [1.165, 1.54) is 24.7 Å². The monoisotopic (exact) mass is 174 g/mol. The second-order valence-electron chi connectivity index (χ2n) is 3.26. The van der Waals surface area contributed by atoms with Crippen LogP contribution in [0.15, 0.2) is 0 Å². The second kappa shape index (κ2) is 5.01. The summed E-state index contributed by atoms with van der Waals surface area (Å²) in [6, 6.07) is 0.630. The average molecular weight is 174 g/mol. The summed E-state index contributed by atoms with van der Waals surface area (Å²) in [6.45, 7) is 8.02. The smallest absolute Gasteiger partial charge is 0.0445 e. The molecule has 0 saturated carbocycles. The Labute approximate surface area is 73.7 Å². The fourth-order valence-electron chi connectivity index (χ4n) is 1.14. The third-order valence-electron chi connectivity index (χ3n) is 1.81. The quantitative estimate of drug-likeness (QED) is 0.684. The standard InChI is InChI=1S/C8H18N2S/c1-8(2)9-3-4-10-5-6-11-7-10/h8-9H,3-7H2,1-2H3. The molecule has 0 spiro atoms. The maximum atomic E-state index is 3.42. The van der Waals surface area contributed by atoms with Gasteiger partial charge in [0.1, 0.15) is 0 Å². The maximum absolute atomic E-state index is 3.42. The molecule has 0 aromatic rings. The molecule has 66 valence electrons. The van der Waals surface area contributed by atoms with E-state index in [0.717, 1.165) is 6.54 Å². The Morgan fingerprint density at radius 3 is 2.91 bits per heavy atom. The summed E-state index contributed by atoms with van der Waals surface area (Å²) in [4.78, 5) is 2.50. The van der Waals surface area contributed by atoms with Crippen molar-refractivity contribution in [1.29, 1.82) is 0 Å². The summed E-state index contributed by atoms with van der Waals surface area (Å²) in [5, 5.41) is 3.42. The van der Waals surface area contributed by atoms with Crippen LogP contribution in [-0.2, 0) is 0 Å². The first-order valence-corrected chi connectivity index (χ1v) is 5.48. The van der Waals surface area contributed by atoms with Crippen molar-refractivity contribution in [3.63, 3.8) is 0 Å². The van der Waals surface area contributed by atoms with Crippen LogP contribution >= 0.6 is 11.8 Å². The van der Waals surface area contributed by atoms with Gasteiger partial charge >= 0.3 is 0 Å². The van der Waals surface area contributed by atoms with E-state index in [2.05, 4.69) is 24.1 Å². The van der Waals surface area contributed by atoms with Crippen LogP contribution in [0.4, 0.5) is 0 Å². The third kappa shape index (κ3) is 3.99. The van der Waals surface area contributed by atoms with Crippen molar-refractivity contribution in [3.05, 3.63) is 0 Å². The fraction of sp³-hybridized carbons (Fsp3) is 1.00. The largest absolute Gasteiger partial charge is 0.313 e. The van der Waals surface area contributed by atoms with Crippen LogP contribution in [-0.4, -0.2) is 42.2 Å². The molecule has 0 radical (unpaired) electrons. The minimum atomic E-state index is 0.630. The molecule has 0 amide bonds. The molecule has 0 atom stereocenters. The Morgan fingerprint density at radius 1 is 1.55 bits per heavy atom. The molecule has 1 fully saturated rings. The summed E-state index contributed by atoms with van der Waals surface area (Å²) in [7, 11) is 0. The van der Waals surface area contributed by atoms with Gasteiger partial charge in [-0.05, 0) is 0 Å². The number of rotatable bonds is 4. The van der Waals surface area contributed by atoms with Crippen LogP contribution in [0.5, 0.6) is 0 Å². The van der Waals surface area contributed by atoms with Gasteiger partial charge in [-0.3, -0.25) is 4.90 Å². The number of thioether (sulfide) groups is 1.